The monoisotopic (exact) mass is 590 g/mol. The van der Waals surface area contributed by atoms with Gasteiger partial charge in [-0.15, -0.1) is 0 Å². The summed E-state index contributed by atoms with van der Waals surface area (Å²) in [7, 11) is 0. The van der Waals surface area contributed by atoms with E-state index in [1.54, 1.807) is 12.2 Å². The molecule has 3 heterocycles. The normalized spacial score (nSPS) is 19.2. The molecule has 7 heteroatoms. The van der Waals surface area contributed by atoms with Crippen LogP contribution in [0.1, 0.15) is 76.2 Å². The molecule has 0 atom stereocenters. The average Bonchev–Trinajstić information content (AvgIpc) is 2.87. The maximum atomic E-state index is 13.4. The second-order valence-corrected chi connectivity index (χ2v) is 14.0. The van der Waals surface area contributed by atoms with Gasteiger partial charge in [0.1, 0.15) is 28.6 Å². The van der Waals surface area contributed by atoms with E-state index < -0.39 is 0 Å². The maximum absolute atomic E-state index is 13.4. The fourth-order valence-corrected chi connectivity index (χ4v) is 4.77. The number of thiocarbonyl (C=S) groups is 1. The molecule has 0 spiro atoms. The molecule has 0 N–H and O–H groups in total. The van der Waals surface area contributed by atoms with Crippen molar-refractivity contribution in [1.82, 2.24) is 9.80 Å². The van der Waals surface area contributed by atoms with Crippen LogP contribution in [0.15, 0.2) is 94.4 Å². The summed E-state index contributed by atoms with van der Waals surface area (Å²) in [6.45, 7) is 23.4. The Kier molecular flexibility index (Phi) is 9.78. The number of allylic oxidation sites excluding steroid dienone is 14. The first-order valence-electron chi connectivity index (χ1n) is 14.6. The van der Waals surface area contributed by atoms with Gasteiger partial charge in [0.05, 0.1) is 0 Å². The summed E-state index contributed by atoms with van der Waals surface area (Å²) in [4.78, 5) is 29.7. The van der Waals surface area contributed by atoms with Gasteiger partial charge in [-0.2, -0.15) is 0 Å². The highest BCUT2D eigenvalue weighted by molar-refractivity contribution is 7.80. The van der Waals surface area contributed by atoms with E-state index in [2.05, 4.69) is 59.8 Å². The van der Waals surface area contributed by atoms with Crippen molar-refractivity contribution in [3.8, 4) is 0 Å². The van der Waals surface area contributed by atoms with Gasteiger partial charge >= 0.3 is 0 Å². The van der Waals surface area contributed by atoms with Crippen molar-refractivity contribution in [2.24, 2.45) is 16.2 Å². The van der Waals surface area contributed by atoms with E-state index in [1.807, 2.05) is 58.9 Å². The Bertz CT molecular complexity index is 1330. The second kappa shape index (κ2) is 12.4. The third kappa shape index (κ3) is 7.49. The van der Waals surface area contributed by atoms with Crippen LogP contribution in [0.2, 0.25) is 0 Å². The molecule has 42 heavy (non-hydrogen) atoms. The van der Waals surface area contributed by atoms with Crippen LogP contribution in [-0.4, -0.2) is 39.8 Å². The van der Waals surface area contributed by atoms with Crippen LogP contribution in [0.25, 0.3) is 0 Å². The van der Waals surface area contributed by atoms with E-state index in [1.165, 1.54) is 9.80 Å². The van der Waals surface area contributed by atoms with Gasteiger partial charge in [0.2, 0.25) is 0 Å². The third-order valence-electron chi connectivity index (χ3n) is 6.92. The van der Waals surface area contributed by atoms with E-state index in [9.17, 15) is 9.59 Å². The Balaban J connectivity index is 1.98. The Morgan fingerprint density at radius 2 is 1.17 bits per heavy atom. The first-order chi connectivity index (χ1) is 19.4. The van der Waals surface area contributed by atoms with E-state index in [0.29, 0.717) is 30.2 Å². The lowest BCUT2D eigenvalue weighted by Gasteiger charge is -2.36. The first-order valence-corrected chi connectivity index (χ1v) is 15.0. The molecule has 3 aliphatic rings. The minimum atomic E-state index is -0.383. The molecule has 0 aromatic rings. The van der Waals surface area contributed by atoms with E-state index in [-0.39, 0.29) is 38.7 Å². The van der Waals surface area contributed by atoms with E-state index >= 15 is 0 Å². The fourth-order valence-electron chi connectivity index (χ4n) is 4.34. The molecular formula is C35H46N2O4S. The summed E-state index contributed by atoms with van der Waals surface area (Å²) in [6, 6.07) is 0. The van der Waals surface area contributed by atoms with Crippen LogP contribution in [0.4, 0.5) is 0 Å². The number of nitrogens with zero attached hydrogens (tertiary/aromatic N) is 2. The highest BCUT2D eigenvalue weighted by Crippen LogP contribution is 2.39. The number of hydrogen-bond acceptors (Lipinski definition) is 5. The molecule has 6 nitrogen and oxygen atoms in total. The Hall–Kier alpha value is -3.45. The first kappa shape index (κ1) is 33.1. The minimum Gasteiger partial charge on any atom is -0.465 e. The summed E-state index contributed by atoms with van der Waals surface area (Å²) < 4.78 is 12.5. The number of ether oxygens (including phenoxy) is 2. The van der Waals surface area contributed by atoms with Gasteiger partial charge in [-0.3, -0.25) is 19.4 Å². The molecule has 0 unspecified atom stereocenters. The van der Waals surface area contributed by atoms with Crippen molar-refractivity contribution in [1.29, 1.82) is 0 Å². The Morgan fingerprint density at radius 1 is 0.690 bits per heavy atom. The van der Waals surface area contributed by atoms with Crippen molar-refractivity contribution >= 4 is 29.1 Å². The van der Waals surface area contributed by atoms with Crippen LogP contribution >= 0.6 is 12.2 Å². The smallest absolute Gasteiger partial charge is 0.266 e. The molecule has 0 aromatic carbocycles. The molecular weight excluding hydrogens is 544 g/mol. The lowest BCUT2D eigenvalue weighted by atomic mass is 9.87. The lowest BCUT2D eigenvalue weighted by molar-refractivity contribution is -0.133. The molecule has 0 radical (unpaired) electrons. The van der Waals surface area contributed by atoms with E-state index in [4.69, 9.17) is 21.7 Å². The topological polar surface area (TPSA) is 59.1 Å². The van der Waals surface area contributed by atoms with Crippen molar-refractivity contribution in [3.63, 3.8) is 0 Å². The number of carbonyl (C=O) groups is 2. The highest BCUT2D eigenvalue weighted by atomic mass is 32.1. The molecule has 3 aliphatic heterocycles. The molecule has 3 rings (SSSR count). The second-order valence-electron chi connectivity index (χ2n) is 13.6. The average molecular weight is 591 g/mol. The molecule has 0 bridgehead atoms. The standard InChI is InChI=1S/C35H46N2O4S/c1-12-36-30(38)29(31(39)37(13-2)32(36)42)24-21-25(40-28(22-24)35(9,10)11)18-16-14-15-17-23-19-26(33(3,4)5)41-27(20-23)34(6,7)8/h14-22H,12-13H2,1-11H3/b15-14+,18-16+. The summed E-state index contributed by atoms with van der Waals surface area (Å²) >= 11 is 5.43. The molecule has 0 aliphatic carbocycles. The van der Waals surface area contributed by atoms with Gasteiger partial charge in [-0.05, 0) is 67.6 Å². The zero-order valence-corrected chi connectivity index (χ0v) is 27.9. The van der Waals surface area contributed by atoms with Crippen LogP contribution in [-0.2, 0) is 19.1 Å². The highest BCUT2D eigenvalue weighted by Gasteiger charge is 2.40. The largest absolute Gasteiger partial charge is 0.465 e. The number of rotatable bonds is 5. The summed E-state index contributed by atoms with van der Waals surface area (Å²) in [6.07, 6.45) is 17.4. The van der Waals surface area contributed by atoms with Crippen molar-refractivity contribution in [2.45, 2.75) is 76.2 Å². The van der Waals surface area contributed by atoms with Crippen molar-refractivity contribution < 1.29 is 19.1 Å². The predicted molar refractivity (Wildman–Crippen MR) is 174 cm³/mol. The third-order valence-corrected chi connectivity index (χ3v) is 7.36. The minimum absolute atomic E-state index is 0.103. The number of amides is 2. The predicted octanol–water partition coefficient (Wildman–Crippen LogP) is 8.05. The SMILES string of the molecule is CCN1C(=O)C(=C2C=C(/C=C/C=C/C=C3C=C(C(C)(C)C)OC(C(C)(C)C)=C3)OC(C(C)(C)C)=C2)C(=O)N(CC)C1=S. The molecule has 226 valence electrons. The van der Waals surface area contributed by atoms with E-state index in [0.717, 1.165) is 17.1 Å². The molecule has 0 aromatic heterocycles. The Labute approximate surface area is 257 Å². The van der Waals surface area contributed by atoms with Gasteiger partial charge in [0.25, 0.3) is 11.8 Å². The molecule has 0 saturated carbocycles. The Morgan fingerprint density at radius 3 is 1.62 bits per heavy atom. The van der Waals surface area contributed by atoms with Crippen LogP contribution < -0.4 is 0 Å². The maximum Gasteiger partial charge on any atom is 0.266 e. The molecule has 1 fully saturated rings. The lowest BCUT2D eigenvalue weighted by Crippen LogP contribution is -2.56. The molecule has 2 amide bonds. The fraction of sp³-hybridized carbons (Fsp3) is 0.457. The van der Waals surface area contributed by atoms with Gasteiger partial charge in [-0.1, -0.05) is 86.6 Å². The van der Waals surface area contributed by atoms with Gasteiger partial charge in [-0.25, -0.2) is 0 Å². The number of carbonyl (C=O) groups excluding carboxylic acids is 2. The van der Waals surface area contributed by atoms with Crippen LogP contribution in [0.3, 0.4) is 0 Å². The summed E-state index contributed by atoms with van der Waals surface area (Å²) in [5.41, 5.74) is 1.11. The van der Waals surface area contributed by atoms with Crippen LogP contribution in [0, 0.1) is 16.2 Å². The summed E-state index contributed by atoms with van der Waals surface area (Å²) in [5.74, 6) is 2.31. The van der Waals surface area contributed by atoms with Crippen molar-refractivity contribution in [2.75, 3.05) is 13.1 Å². The van der Waals surface area contributed by atoms with Gasteiger partial charge in [0, 0.05) is 29.3 Å². The number of likely N-dealkylation sites (N-methyl/N-ethyl adjacent to an activating group) is 2. The van der Waals surface area contributed by atoms with Crippen LogP contribution in [0.5, 0.6) is 0 Å². The number of hydrogen-bond donors (Lipinski definition) is 0. The molecule has 1 saturated heterocycles. The quantitative estimate of drug-likeness (QED) is 0.140. The zero-order chi connectivity index (χ0) is 31.6. The van der Waals surface area contributed by atoms with Crippen molar-refractivity contribution in [3.05, 3.63) is 94.4 Å². The zero-order valence-electron chi connectivity index (χ0n) is 27.0. The van der Waals surface area contributed by atoms with Gasteiger partial charge < -0.3 is 9.47 Å². The summed E-state index contributed by atoms with van der Waals surface area (Å²) in [5, 5.41) is 0.244. The van der Waals surface area contributed by atoms with Gasteiger partial charge in [0.15, 0.2) is 5.11 Å².